The fourth-order valence-electron chi connectivity index (χ4n) is 19.6. The second kappa shape index (κ2) is 39.0. The van der Waals surface area contributed by atoms with Crippen LogP contribution >= 0.6 is 0 Å². The van der Waals surface area contributed by atoms with Gasteiger partial charge in [-0.25, -0.2) is 29.9 Å². The molecule has 0 fully saturated rings. The molecule has 0 bridgehead atoms. The maximum absolute atomic E-state index is 9.18. The minimum Gasteiger partial charge on any atom is -0.456 e. The zero-order chi connectivity index (χ0) is 95.2. The first-order chi connectivity index (χ1) is 70.2. The minimum absolute atomic E-state index is 0.664. The summed E-state index contributed by atoms with van der Waals surface area (Å²) in [6.45, 7) is 4.11. The molecule has 25 aromatic rings. The first-order valence-corrected chi connectivity index (χ1v) is 47.7. The first-order valence-electron chi connectivity index (χ1n) is 47.7. The molecule has 0 spiro atoms. The van der Waals surface area contributed by atoms with E-state index in [1.54, 1.807) is 0 Å². The molecule has 668 valence electrons. The van der Waals surface area contributed by atoms with Gasteiger partial charge in [-0.1, -0.05) is 431 Å². The number of aromatic nitrogens is 8. The summed E-state index contributed by atoms with van der Waals surface area (Å²) in [7, 11) is 0. The van der Waals surface area contributed by atoms with E-state index < -0.39 is 0 Å². The van der Waals surface area contributed by atoms with Crippen molar-refractivity contribution in [2.45, 2.75) is 13.8 Å². The molecule has 0 aliphatic rings. The summed E-state index contributed by atoms with van der Waals surface area (Å²) in [6, 6.07) is 175. The first kappa shape index (κ1) is 87.0. The number of pyridine rings is 1. The van der Waals surface area contributed by atoms with E-state index in [0.717, 1.165) is 184 Å². The Morgan fingerprint density at radius 3 is 0.993 bits per heavy atom. The summed E-state index contributed by atoms with van der Waals surface area (Å²) < 4.78 is 8.93. The number of hydrogen-bond donors (Lipinski definition) is 0. The van der Waals surface area contributed by atoms with Crippen molar-refractivity contribution in [2.75, 3.05) is 0 Å². The Hall–Kier alpha value is -19.1. The topological polar surface area (TPSA) is 132 Å². The van der Waals surface area contributed by atoms with Crippen molar-refractivity contribution in [3.8, 4) is 191 Å². The van der Waals surface area contributed by atoms with Crippen molar-refractivity contribution in [1.82, 2.24) is 39.5 Å². The van der Waals surface area contributed by atoms with Crippen LogP contribution in [-0.4, -0.2) is 39.5 Å². The number of nitriles is 1. The van der Waals surface area contributed by atoms with E-state index >= 15 is 0 Å². The van der Waals surface area contributed by atoms with Crippen LogP contribution in [-0.2, 0) is 0 Å². The van der Waals surface area contributed by atoms with Gasteiger partial charge in [-0.3, -0.25) is 4.98 Å². The average Bonchev–Trinajstić information content (AvgIpc) is 1.56. The zero-order valence-electron chi connectivity index (χ0n) is 77.9. The van der Waals surface area contributed by atoms with E-state index in [0.29, 0.717) is 23.0 Å². The van der Waals surface area contributed by atoms with Gasteiger partial charge in [0.2, 0.25) is 0 Å². The second-order valence-electron chi connectivity index (χ2n) is 35.2. The standard InChI is InChI=1S/C51H33N3.C42H29N3O.C39H27N3/c52-34-35-20-22-36(23-21-35)37-24-26-38(27-25-37)44-32-33-45(47-19-11-10-18-46(44)47)39-28-30-42(31-29-39)50-48(40-12-4-1-5-13-40)49(41-14-6-2-7-15-41)53-51(54-50)43-16-8-3-9-17-43;1-26-40(28-12-5-3-6-13-28)27(2)44-42(43-26)30-21-23-35-34-22-20-29(24-38(34)46-39(35)25-30)32-17-11-18-36-33-16-9-10-19-37(33)45(41(32)36)31-14-7-4-8-15-31;1-4-12-31(13-5-1)36-37(32-14-6-2-7-15-32)41-39(34-16-8-3-9-17-34)42-38(36)33-25-21-29(22-26-33)28-19-23-30(24-20-28)35-18-10-11-27-40-35/h1-33H;3-25H,1-2H3;1-27H. The number of fused-ring (bicyclic) bond motifs is 7. The molecule has 0 unspecified atom stereocenters. The van der Waals surface area contributed by atoms with Gasteiger partial charge in [-0.05, 0) is 158 Å². The lowest BCUT2D eigenvalue weighted by Gasteiger charge is -2.17. The van der Waals surface area contributed by atoms with Crippen LogP contribution in [0.4, 0.5) is 0 Å². The van der Waals surface area contributed by atoms with Crippen molar-refractivity contribution in [2.24, 2.45) is 0 Å². The Kier molecular flexibility index (Phi) is 23.9. The van der Waals surface area contributed by atoms with E-state index in [9.17, 15) is 5.26 Å². The molecule has 6 aromatic heterocycles. The third-order valence-corrected chi connectivity index (χ3v) is 26.5. The second-order valence-corrected chi connectivity index (χ2v) is 35.2. The Balaban J connectivity index is 0.000000119. The highest BCUT2D eigenvalue weighted by Gasteiger charge is 2.26. The number of hydrogen-bond acceptors (Lipinski definition) is 9. The van der Waals surface area contributed by atoms with Crippen molar-refractivity contribution in [1.29, 1.82) is 5.26 Å². The van der Waals surface area contributed by atoms with Crippen LogP contribution in [0.25, 0.3) is 240 Å². The van der Waals surface area contributed by atoms with E-state index in [1.165, 1.54) is 49.3 Å². The highest BCUT2D eigenvalue weighted by atomic mass is 16.3. The molecule has 0 saturated carbocycles. The van der Waals surface area contributed by atoms with Gasteiger partial charge >= 0.3 is 0 Å². The van der Waals surface area contributed by atoms with Crippen LogP contribution in [0, 0.1) is 25.2 Å². The Bertz CT molecular complexity index is 8920. The molecular weight excluding hydrogens is 1730 g/mol. The number of aryl methyl sites for hydroxylation is 2. The van der Waals surface area contributed by atoms with Crippen molar-refractivity contribution in [3.63, 3.8) is 0 Å². The summed E-state index contributed by atoms with van der Waals surface area (Å²) in [5, 5.41) is 16.2. The van der Waals surface area contributed by atoms with E-state index in [4.69, 9.17) is 34.3 Å². The quantitative estimate of drug-likeness (QED) is 0.0874. The van der Waals surface area contributed by atoms with Crippen molar-refractivity contribution < 1.29 is 4.42 Å². The van der Waals surface area contributed by atoms with Gasteiger partial charge in [0.25, 0.3) is 0 Å². The smallest absolute Gasteiger partial charge is 0.160 e. The summed E-state index contributed by atoms with van der Waals surface area (Å²) in [4.78, 5) is 35.2. The van der Waals surface area contributed by atoms with Gasteiger partial charge in [0.15, 0.2) is 17.5 Å². The molecule has 0 saturated heterocycles. The molecule has 25 rings (SSSR count). The molecule has 10 heteroatoms. The Morgan fingerprint density at radius 2 is 0.556 bits per heavy atom. The predicted octanol–water partition coefficient (Wildman–Crippen LogP) is 34.1. The molecule has 0 N–H and O–H groups in total. The molecule has 0 atom stereocenters. The third-order valence-electron chi connectivity index (χ3n) is 26.5. The van der Waals surface area contributed by atoms with Crippen molar-refractivity contribution >= 4 is 54.5 Å². The third kappa shape index (κ3) is 17.4. The molecular formula is C132H89N9O. The normalized spacial score (nSPS) is 11.2. The Labute approximate surface area is 823 Å². The van der Waals surface area contributed by atoms with E-state index in [-0.39, 0.29) is 0 Å². The molecule has 19 aromatic carbocycles. The molecule has 0 amide bonds. The maximum Gasteiger partial charge on any atom is 0.160 e. The SMILES string of the molecule is Cc1nc(-c2ccc3c(c2)oc2cc(-c4cccc5c6ccccc6n(-c6ccccc6)c45)ccc23)nc(C)c1-c1ccccc1.N#Cc1ccc(-c2ccc(-c3ccc(-c4ccc(-c5nc(-c6ccccc6)nc(-c6ccccc6)c5-c5ccccc5)cc4)c4ccccc34)cc2)cc1.c1ccc(-c2nc(-c3ccccc3)c(-c3ccccc3)c(-c3ccc(-c4ccc(-c5ccccn5)cc4)cc3)n2)cc1. The van der Waals surface area contributed by atoms with Crippen LogP contribution in [0.15, 0.2) is 508 Å². The van der Waals surface area contributed by atoms with Gasteiger partial charge in [0.1, 0.15) is 11.2 Å². The highest BCUT2D eigenvalue weighted by molar-refractivity contribution is 6.15. The number of para-hydroxylation sites is 3. The average molecular weight is 1820 g/mol. The lowest BCUT2D eigenvalue weighted by atomic mass is 9.90. The van der Waals surface area contributed by atoms with Crippen LogP contribution < -0.4 is 0 Å². The largest absolute Gasteiger partial charge is 0.456 e. The predicted molar refractivity (Wildman–Crippen MR) is 584 cm³/mol. The van der Waals surface area contributed by atoms with Gasteiger partial charge in [0, 0.05) is 112 Å². The zero-order valence-corrected chi connectivity index (χ0v) is 77.9. The van der Waals surface area contributed by atoms with Gasteiger partial charge in [-0.15, -0.1) is 0 Å². The van der Waals surface area contributed by atoms with E-state index in [1.807, 2.05) is 128 Å². The highest BCUT2D eigenvalue weighted by Crippen LogP contribution is 2.47. The lowest BCUT2D eigenvalue weighted by molar-refractivity contribution is 0.669. The minimum atomic E-state index is 0.664. The van der Waals surface area contributed by atoms with Gasteiger partial charge in [0.05, 0.1) is 51.1 Å². The number of nitrogens with zero attached hydrogens (tertiary/aromatic N) is 9. The van der Waals surface area contributed by atoms with Crippen LogP contribution in [0.2, 0.25) is 0 Å². The molecule has 0 aliphatic carbocycles. The van der Waals surface area contributed by atoms with Gasteiger partial charge < -0.3 is 8.98 Å². The summed E-state index contributed by atoms with van der Waals surface area (Å²) in [5.74, 6) is 2.11. The number of furan rings is 1. The summed E-state index contributed by atoms with van der Waals surface area (Å²) in [5.41, 5.74) is 38.4. The molecule has 6 heterocycles. The molecule has 142 heavy (non-hydrogen) atoms. The fraction of sp³-hybridized carbons (Fsp3) is 0.0152. The number of benzene rings is 19. The van der Waals surface area contributed by atoms with Crippen LogP contribution in [0.5, 0.6) is 0 Å². The van der Waals surface area contributed by atoms with Crippen molar-refractivity contribution in [3.05, 3.63) is 521 Å². The number of rotatable bonds is 17. The van der Waals surface area contributed by atoms with E-state index in [2.05, 4.69) is 406 Å². The summed E-state index contributed by atoms with van der Waals surface area (Å²) in [6.07, 6.45) is 1.82. The van der Waals surface area contributed by atoms with Gasteiger partial charge in [-0.2, -0.15) is 5.26 Å². The van der Waals surface area contributed by atoms with Crippen LogP contribution in [0.3, 0.4) is 0 Å². The lowest BCUT2D eigenvalue weighted by Crippen LogP contribution is -2.00. The van der Waals surface area contributed by atoms with Crippen LogP contribution in [0.1, 0.15) is 17.0 Å². The molecule has 0 aliphatic heterocycles. The summed E-state index contributed by atoms with van der Waals surface area (Å²) >= 11 is 0. The fourth-order valence-corrected chi connectivity index (χ4v) is 19.6. The maximum atomic E-state index is 9.18. The Morgan fingerprint density at radius 1 is 0.225 bits per heavy atom. The molecule has 10 nitrogen and oxygen atoms in total. The monoisotopic (exact) mass is 1820 g/mol. The molecule has 0 radical (unpaired) electrons.